The zero-order valence-electron chi connectivity index (χ0n) is 13.9. The highest BCUT2D eigenvalue weighted by Crippen LogP contribution is 2.35. The third-order valence-electron chi connectivity index (χ3n) is 5.87. The summed E-state index contributed by atoms with van der Waals surface area (Å²) in [5, 5.41) is 13.5. The second kappa shape index (κ2) is 6.53. The standard InChI is InChI=1S/C17H33N3O/c1-14(2)18-17(13-21)7-6-15(11-17)20-10-9-19-8-4-3-5-16(19)12-20/h14-16,18,21H,3-13H2,1-2H3. The zero-order chi connectivity index (χ0) is 14.9. The number of piperazine rings is 1. The Balaban J connectivity index is 1.58. The van der Waals surface area contributed by atoms with E-state index in [1.807, 2.05) is 0 Å². The maximum atomic E-state index is 9.88. The highest BCUT2D eigenvalue weighted by atomic mass is 16.3. The highest BCUT2D eigenvalue weighted by molar-refractivity contribution is 5.01. The molecule has 3 atom stereocenters. The number of piperidine rings is 1. The van der Waals surface area contributed by atoms with E-state index in [4.69, 9.17) is 0 Å². The lowest BCUT2D eigenvalue weighted by atomic mass is 9.95. The fourth-order valence-corrected chi connectivity index (χ4v) is 4.85. The quantitative estimate of drug-likeness (QED) is 0.823. The number of fused-ring (bicyclic) bond motifs is 1. The van der Waals surface area contributed by atoms with Crippen molar-refractivity contribution in [1.82, 2.24) is 15.1 Å². The number of hydrogen-bond donors (Lipinski definition) is 2. The molecule has 3 fully saturated rings. The second-order valence-electron chi connectivity index (χ2n) is 7.81. The van der Waals surface area contributed by atoms with Crippen LogP contribution in [0, 0.1) is 0 Å². The van der Waals surface area contributed by atoms with Gasteiger partial charge in [0.1, 0.15) is 0 Å². The van der Waals surface area contributed by atoms with Gasteiger partial charge in [0.05, 0.1) is 6.61 Å². The molecule has 0 bridgehead atoms. The van der Waals surface area contributed by atoms with Crippen LogP contribution in [-0.2, 0) is 0 Å². The van der Waals surface area contributed by atoms with Gasteiger partial charge in [0, 0.05) is 43.3 Å². The van der Waals surface area contributed by atoms with Crippen LogP contribution in [0.2, 0.25) is 0 Å². The molecule has 21 heavy (non-hydrogen) atoms. The molecule has 2 heterocycles. The van der Waals surface area contributed by atoms with Gasteiger partial charge < -0.3 is 10.4 Å². The Kier molecular flexibility index (Phi) is 4.89. The molecule has 3 unspecified atom stereocenters. The Hall–Kier alpha value is -0.160. The molecule has 0 radical (unpaired) electrons. The molecular formula is C17H33N3O. The lowest BCUT2D eigenvalue weighted by molar-refractivity contribution is 0.0252. The maximum Gasteiger partial charge on any atom is 0.0614 e. The van der Waals surface area contributed by atoms with Crippen LogP contribution in [0.4, 0.5) is 0 Å². The van der Waals surface area contributed by atoms with Gasteiger partial charge in [-0.3, -0.25) is 9.80 Å². The van der Waals surface area contributed by atoms with Crippen molar-refractivity contribution >= 4 is 0 Å². The topological polar surface area (TPSA) is 38.7 Å². The van der Waals surface area contributed by atoms with Gasteiger partial charge in [0.2, 0.25) is 0 Å². The third kappa shape index (κ3) is 3.44. The van der Waals surface area contributed by atoms with Gasteiger partial charge in [0.25, 0.3) is 0 Å². The van der Waals surface area contributed by atoms with Crippen molar-refractivity contribution in [2.45, 2.75) is 76.0 Å². The molecule has 0 aromatic carbocycles. The van der Waals surface area contributed by atoms with Crippen LogP contribution in [0.5, 0.6) is 0 Å². The number of rotatable bonds is 4. The van der Waals surface area contributed by atoms with E-state index in [9.17, 15) is 5.11 Å². The van der Waals surface area contributed by atoms with Gasteiger partial charge in [-0.1, -0.05) is 20.3 Å². The molecule has 1 aliphatic carbocycles. The molecule has 4 heteroatoms. The fraction of sp³-hybridized carbons (Fsp3) is 1.00. The zero-order valence-corrected chi connectivity index (χ0v) is 13.9. The van der Waals surface area contributed by atoms with Gasteiger partial charge in [-0.25, -0.2) is 0 Å². The number of aliphatic hydroxyl groups is 1. The van der Waals surface area contributed by atoms with E-state index in [-0.39, 0.29) is 12.1 Å². The molecule has 4 nitrogen and oxygen atoms in total. The Labute approximate surface area is 129 Å². The monoisotopic (exact) mass is 295 g/mol. The van der Waals surface area contributed by atoms with Crippen LogP contribution in [0.25, 0.3) is 0 Å². The minimum absolute atomic E-state index is 0.0253. The summed E-state index contributed by atoms with van der Waals surface area (Å²) in [6.07, 6.45) is 7.68. The van der Waals surface area contributed by atoms with Gasteiger partial charge in [-0.15, -0.1) is 0 Å². The molecule has 122 valence electrons. The predicted octanol–water partition coefficient (Wildman–Crippen LogP) is 1.44. The van der Waals surface area contributed by atoms with E-state index >= 15 is 0 Å². The third-order valence-corrected chi connectivity index (χ3v) is 5.87. The normalized spacial score (nSPS) is 38.9. The molecule has 3 aliphatic rings. The van der Waals surface area contributed by atoms with Crippen molar-refractivity contribution in [2.75, 3.05) is 32.8 Å². The summed E-state index contributed by atoms with van der Waals surface area (Å²) in [4.78, 5) is 5.44. The molecule has 0 spiro atoms. The maximum absolute atomic E-state index is 9.88. The summed E-state index contributed by atoms with van der Waals surface area (Å²) >= 11 is 0. The largest absolute Gasteiger partial charge is 0.394 e. The van der Waals surface area contributed by atoms with E-state index in [0.717, 1.165) is 18.9 Å². The molecule has 2 aliphatic heterocycles. The molecule has 1 saturated carbocycles. The van der Waals surface area contributed by atoms with Gasteiger partial charge in [-0.2, -0.15) is 0 Å². The van der Waals surface area contributed by atoms with E-state index < -0.39 is 0 Å². The summed E-state index contributed by atoms with van der Waals surface area (Å²) < 4.78 is 0. The molecule has 0 amide bonds. The van der Waals surface area contributed by atoms with Crippen molar-refractivity contribution < 1.29 is 5.11 Å². The fourth-order valence-electron chi connectivity index (χ4n) is 4.85. The Morgan fingerprint density at radius 2 is 1.90 bits per heavy atom. The van der Waals surface area contributed by atoms with E-state index in [1.54, 1.807) is 0 Å². The van der Waals surface area contributed by atoms with E-state index in [1.165, 1.54) is 51.9 Å². The van der Waals surface area contributed by atoms with Gasteiger partial charge in [-0.05, 0) is 38.6 Å². The van der Waals surface area contributed by atoms with Crippen molar-refractivity contribution in [3.63, 3.8) is 0 Å². The first-order valence-corrected chi connectivity index (χ1v) is 8.98. The average molecular weight is 295 g/mol. The van der Waals surface area contributed by atoms with Crippen LogP contribution in [0.15, 0.2) is 0 Å². The minimum atomic E-state index is -0.0253. The Bertz CT molecular complexity index is 349. The SMILES string of the molecule is CC(C)NC1(CO)CCC(N2CCN3CCCCC3C2)C1. The molecule has 0 aromatic rings. The first-order chi connectivity index (χ1) is 10.1. The molecular weight excluding hydrogens is 262 g/mol. The van der Waals surface area contributed by atoms with E-state index in [2.05, 4.69) is 29.0 Å². The van der Waals surface area contributed by atoms with Crippen molar-refractivity contribution in [3.8, 4) is 0 Å². The van der Waals surface area contributed by atoms with Crippen LogP contribution in [-0.4, -0.2) is 71.4 Å². The molecule has 0 aromatic heterocycles. The van der Waals surface area contributed by atoms with E-state index in [0.29, 0.717) is 12.1 Å². The summed E-state index contributed by atoms with van der Waals surface area (Å²) in [5.74, 6) is 0. The number of aliphatic hydroxyl groups excluding tert-OH is 1. The number of hydrogen-bond acceptors (Lipinski definition) is 4. The first kappa shape index (κ1) is 15.7. The van der Waals surface area contributed by atoms with Crippen LogP contribution in [0.3, 0.4) is 0 Å². The molecule has 2 saturated heterocycles. The lowest BCUT2D eigenvalue weighted by Crippen LogP contribution is -2.57. The summed E-state index contributed by atoms with van der Waals surface area (Å²) in [6, 6.07) is 1.92. The van der Waals surface area contributed by atoms with Crippen molar-refractivity contribution in [3.05, 3.63) is 0 Å². The number of nitrogens with one attached hydrogen (secondary N) is 1. The Morgan fingerprint density at radius 3 is 2.67 bits per heavy atom. The lowest BCUT2D eigenvalue weighted by Gasteiger charge is -2.46. The van der Waals surface area contributed by atoms with Gasteiger partial charge in [0.15, 0.2) is 0 Å². The summed E-state index contributed by atoms with van der Waals surface area (Å²) in [5.41, 5.74) is -0.0253. The molecule has 3 rings (SSSR count). The van der Waals surface area contributed by atoms with Crippen molar-refractivity contribution in [2.24, 2.45) is 0 Å². The molecule has 2 N–H and O–H groups in total. The Morgan fingerprint density at radius 1 is 1.10 bits per heavy atom. The number of nitrogens with zero attached hydrogens (tertiary/aromatic N) is 2. The van der Waals surface area contributed by atoms with Crippen LogP contribution in [0.1, 0.15) is 52.4 Å². The van der Waals surface area contributed by atoms with Crippen molar-refractivity contribution in [1.29, 1.82) is 0 Å². The second-order valence-corrected chi connectivity index (χ2v) is 7.81. The summed E-state index contributed by atoms with van der Waals surface area (Å²) in [7, 11) is 0. The van der Waals surface area contributed by atoms with Gasteiger partial charge >= 0.3 is 0 Å². The highest BCUT2D eigenvalue weighted by Gasteiger charge is 2.42. The average Bonchev–Trinajstić information content (AvgIpc) is 2.91. The summed E-state index contributed by atoms with van der Waals surface area (Å²) in [6.45, 7) is 9.71. The first-order valence-electron chi connectivity index (χ1n) is 8.98. The smallest absolute Gasteiger partial charge is 0.0614 e. The minimum Gasteiger partial charge on any atom is -0.394 e. The predicted molar refractivity (Wildman–Crippen MR) is 86.5 cm³/mol. The van der Waals surface area contributed by atoms with Crippen LogP contribution >= 0.6 is 0 Å². The van der Waals surface area contributed by atoms with Crippen LogP contribution < -0.4 is 5.32 Å².